The smallest absolute Gasteiger partial charge is 0.407 e. The van der Waals surface area contributed by atoms with Gasteiger partial charge < -0.3 is 9.73 Å². The predicted octanol–water partition coefficient (Wildman–Crippen LogP) is 3.26. The lowest BCUT2D eigenvalue weighted by Gasteiger charge is -2.20. The van der Waals surface area contributed by atoms with E-state index in [2.05, 4.69) is 17.4 Å². The molecule has 2 aromatic carbocycles. The summed E-state index contributed by atoms with van der Waals surface area (Å²) in [5, 5.41) is 13.8. The number of hydrogen-bond donors (Lipinski definition) is 1. The Hall–Kier alpha value is -3.42. The number of rotatable bonds is 5. The van der Waals surface area contributed by atoms with Gasteiger partial charge in [0.05, 0.1) is 22.5 Å². The number of fused-ring (bicyclic) bond motifs is 2. The first kappa shape index (κ1) is 18.9. The summed E-state index contributed by atoms with van der Waals surface area (Å²) in [7, 11) is 0. The number of hydrogen-bond acceptors (Lipinski definition) is 5. The molecule has 1 heterocycles. The topological polar surface area (TPSA) is 107 Å². The first-order valence-electron chi connectivity index (χ1n) is 9.61. The van der Waals surface area contributed by atoms with Gasteiger partial charge in [0.2, 0.25) is 5.91 Å². The van der Waals surface area contributed by atoms with E-state index in [0.717, 1.165) is 18.4 Å². The van der Waals surface area contributed by atoms with Crippen LogP contribution in [0.1, 0.15) is 42.5 Å². The fourth-order valence-corrected chi connectivity index (χ4v) is 3.86. The quantitative estimate of drug-likeness (QED) is 0.527. The van der Waals surface area contributed by atoms with Crippen LogP contribution in [0.3, 0.4) is 0 Å². The first-order chi connectivity index (χ1) is 13.9. The standard InChI is InChI=1S/C21H21N3O5/c1-13(15-7-6-14-4-2-3-5-16(14)10-15)22-20(25)12-23-18-9-8-17(24(27)28)11-19(18)29-21(23)26/h6-11,13H,2-5,12H2,1H3,(H,22,25)/t13-/m1/s1. The molecule has 0 bridgehead atoms. The van der Waals surface area contributed by atoms with Gasteiger partial charge in [-0.05, 0) is 55.4 Å². The Balaban J connectivity index is 1.50. The number of nitro benzene ring substituents is 1. The van der Waals surface area contributed by atoms with Gasteiger partial charge in [-0.1, -0.05) is 18.2 Å². The van der Waals surface area contributed by atoms with Gasteiger partial charge in [-0.25, -0.2) is 4.79 Å². The Kier molecular flexibility index (Phi) is 4.92. The van der Waals surface area contributed by atoms with Crippen LogP contribution in [0.5, 0.6) is 0 Å². The number of carbonyl (C=O) groups excluding carboxylic acids is 1. The molecule has 1 aromatic heterocycles. The maximum atomic E-state index is 12.5. The number of oxazole rings is 1. The average molecular weight is 395 g/mol. The van der Waals surface area contributed by atoms with E-state index in [1.807, 2.05) is 13.0 Å². The second-order valence-electron chi connectivity index (χ2n) is 7.39. The molecule has 1 N–H and O–H groups in total. The van der Waals surface area contributed by atoms with Crippen molar-refractivity contribution in [3.8, 4) is 0 Å². The molecule has 0 saturated carbocycles. The summed E-state index contributed by atoms with van der Waals surface area (Å²) in [5.41, 5.74) is 4.00. The molecule has 8 heteroatoms. The number of aromatic nitrogens is 1. The molecular formula is C21H21N3O5. The molecule has 1 aliphatic carbocycles. The summed E-state index contributed by atoms with van der Waals surface area (Å²) >= 11 is 0. The summed E-state index contributed by atoms with van der Waals surface area (Å²) in [6.45, 7) is 1.68. The number of nitrogens with zero attached hydrogens (tertiary/aromatic N) is 2. The molecule has 0 spiro atoms. The lowest BCUT2D eigenvalue weighted by atomic mass is 9.89. The van der Waals surface area contributed by atoms with Crippen molar-refractivity contribution in [1.82, 2.24) is 9.88 Å². The highest BCUT2D eigenvalue weighted by molar-refractivity contribution is 5.80. The molecule has 8 nitrogen and oxygen atoms in total. The van der Waals surface area contributed by atoms with Crippen molar-refractivity contribution in [3.05, 3.63) is 73.8 Å². The molecule has 4 rings (SSSR count). The fraction of sp³-hybridized carbons (Fsp3) is 0.333. The van der Waals surface area contributed by atoms with Crippen LogP contribution in [0.25, 0.3) is 11.1 Å². The largest absolute Gasteiger partial charge is 0.420 e. The van der Waals surface area contributed by atoms with Gasteiger partial charge >= 0.3 is 5.76 Å². The summed E-state index contributed by atoms with van der Waals surface area (Å²) in [6, 6.07) is 9.99. The Morgan fingerprint density at radius 1 is 1.21 bits per heavy atom. The zero-order valence-corrected chi connectivity index (χ0v) is 16.0. The maximum Gasteiger partial charge on any atom is 0.420 e. The highest BCUT2D eigenvalue weighted by Gasteiger charge is 2.18. The summed E-state index contributed by atoms with van der Waals surface area (Å²) < 4.78 is 6.24. The zero-order chi connectivity index (χ0) is 20.5. The molecule has 1 aliphatic rings. The average Bonchev–Trinajstić information content (AvgIpc) is 3.01. The first-order valence-corrected chi connectivity index (χ1v) is 9.61. The zero-order valence-electron chi connectivity index (χ0n) is 16.0. The van der Waals surface area contributed by atoms with E-state index in [0.29, 0.717) is 5.52 Å². The number of nitro groups is 1. The molecule has 0 saturated heterocycles. The number of nitrogens with one attached hydrogen (secondary N) is 1. The van der Waals surface area contributed by atoms with Gasteiger partial charge in [0.25, 0.3) is 5.69 Å². The molecular weight excluding hydrogens is 374 g/mol. The van der Waals surface area contributed by atoms with E-state index in [9.17, 15) is 19.7 Å². The van der Waals surface area contributed by atoms with E-state index in [1.54, 1.807) is 0 Å². The Bertz CT molecular complexity index is 1160. The second kappa shape index (κ2) is 7.54. The van der Waals surface area contributed by atoms with Crippen LogP contribution in [0, 0.1) is 10.1 Å². The predicted molar refractivity (Wildman–Crippen MR) is 107 cm³/mol. The molecule has 0 fully saturated rings. The van der Waals surface area contributed by atoms with Crippen molar-refractivity contribution in [2.24, 2.45) is 0 Å². The van der Waals surface area contributed by atoms with Crippen LogP contribution < -0.4 is 11.1 Å². The minimum absolute atomic E-state index is 0.0831. The van der Waals surface area contributed by atoms with Crippen LogP contribution in [-0.4, -0.2) is 15.4 Å². The Labute approximate surface area is 166 Å². The SMILES string of the molecule is C[C@@H](NC(=O)Cn1c(=O)oc2cc([N+](=O)[O-])ccc21)c1ccc2c(c1)CCCC2. The number of amides is 1. The Morgan fingerprint density at radius 3 is 2.72 bits per heavy atom. The molecule has 150 valence electrons. The number of carbonyl (C=O) groups is 1. The van der Waals surface area contributed by atoms with E-state index < -0.39 is 10.7 Å². The minimum Gasteiger partial charge on any atom is -0.407 e. The molecule has 0 unspecified atom stereocenters. The summed E-state index contributed by atoms with van der Waals surface area (Å²) in [6.07, 6.45) is 4.57. The molecule has 0 aliphatic heterocycles. The maximum absolute atomic E-state index is 12.5. The molecule has 1 amide bonds. The van der Waals surface area contributed by atoms with Gasteiger partial charge in [-0.3, -0.25) is 19.5 Å². The van der Waals surface area contributed by atoms with Crippen LogP contribution >= 0.6 is 0 Å². The van der Waals surface area contributed by atoms with Crippen molar-refractivity contribution in [2.75, 3.05) is 0 Å². The highest BCUT2D eigenvalue weighted by atomic mass is 16.6. The van der Waals surface area contributed by atoms with Crippen LogP contribution in [-0.2, 0) is 24.2 Å². The van der Waals surface area contributed by atoms with Gasteiger partial charge in [-0.15, -0.1) is 0 Å². The molecule has 1 atom stereocenters. The van der Waals surface area contributed by atoms with Crippen molar-refractivity contribution >= 4 is 22.7 Å². The summed E-state index contributed by atoms with van der Waals surface area (Å²) in [4.78, 5) is 35.0. The Morgan fingerprint density at radius 2 is 1.97 bits per heavy atom. The van der Waals surface area contributed by atoms with Gasteiger partial charge in [0.1, 0.15) is 6.54 Å². The van der Waals surface area contributed by atoms with Crippen molar-refractivity contribution in [3.63, 3.8) is 0 Å². The lowest BCUT2D eigenvalue weighted by molar-refractivity contribution is -0.384. The third-order valence-electron chi connectivity index (χ3n) is 5.41. The van der Waals surface area contributed by atoms with E-state index in [-0.39, 0.29) is 29.8 Å². The second-order valence-corrected chi connectivity index (χ2v) is 7.39. The van der Waals surface area contributed by atoms with E-state index >= 15 is 0 Å². The molecule has 29 heavy (non-hydrogen) atoms. The number of aryl methyl sites for hydroxylation is 2. The molecule has 0 radical (unpaired) electrons. The minimum atomic E-state index is -0.725. The van der Waals surface area contributed by atoms with Crippen LogP contribution in [0.4, 0.5) is 5.69 Å². The van der Waals surface area contributed by atoms with E-state index in [1.165, 1.54) is 46.7 Å². The third kappa shape index (κ3) is 3.78. The number of benzene rings is 2. The van der Waals surface area contributed by atoms with Gasteiger partial charge in [0, 0.05) is 6.07 Å². The number of non-ortho nitro benzene ring substituents is 1. The van der Waals surface area contributed by atoms with Crippen molar-refractivity contribution in [1.29, 1.82) is 0 Å². The van der Waals surface area contributed by atoms with Crippen molar-refractivity contribution < 1.29 is 14.1 Å². The normalized spacial score (nSPS) is 14.4. The summed E-state index contributed by atoms with van der Waals surface area (Å²) in [5.74, 6) is -1.06. The fourth-order valence-electron chi connectivity index (χ4n) is 3.86. The van der Waals surface area contributed by atoms with Crippen molar-refractivity contribution in [2.45, 2.75) is 45.2 Å². The van der Waals surface area contributed by atoms with Gasteiger partial charge in [0.15, 0.2) is 5.58 Å². The monoisotopic (exact) mass is 395 g/mol. The molecule has 3 aromatic rings. The van der Waals surface area contributed by atoms with Crippen LogP contribution in [0.15, 0.2) is 45.6 Å². The lowest BCUT2D eigenvalue weighted by Crippen LogP contribution is -2.32. The van der Waals surface area contributed by atoms with E-state index in [4.69, 9.17) is 4.42 Å². The van der Waals surface area contributed by atoms with Gasteiger partial charge in [-0.2, -0.15) is 0 Å². The third-order valence-corrected chi connectivity index (χ3v) is 5.41. The van der Waals surface area contributed by atoms with Crippen LogP contribution in [0.2, 0.25) is 0 Å². The highest BCUT2D eigenvalue weighted by Crippen LogP contribution is 2.25.